The SMILES string of the molecule is COc1ccc(OC(=O)CCc2nc(-c3ccccc3)c(-c3ccccc3)o2)c([N+](=O)[O-])c1. The Hall–Kier alpha value is -4.46. The third kappa shape index (κ3) is 5.07. The van der Waals surface area contributed by atoms with E-state index in [4.69, 9.17) is 13.9 Å². The van der Waals surface area contributed by atoms with Gasteiger partial charge in [-0.15, -0.1) is 0 Å². The largest absolute Gasteiger partial charge is 0.496 e. The van der Waals surface area contributed by atoms with Gasteiger partial charge in [0.25, 0.3) is 0 Å². The van der Waals surface area contributed by atoms with Crippen LogP contribution in [0.1, 0.15) is 12.3 Å². The van der Waals surface area contributed by atoms with Crippen LogP contribution in [0.2, 0.25) is 0 Å². The maximum absolute atomic E-state index is 12.4. The topological polar surface area (TPSA) is 105 Å². The Bertz CT molecular complexity index is 1210. The zero-order chi connectivity index (χ0) is 23.2. The normalized spacial score (nSPS) is 10.6. The molecule has 0 aliphatic heterocycles. The van der Waals surface area contributed by atoms with Crippen LogP contribution in [-0.2, 0) is 11.2 Å². The Kier molecular flexibility index (Phi) is 6.45. The number of hydrogen-bond donors (Lipinski definition) is 0. The molecule has 0 N–H and O–H groups in total. The second-order valence-corrected chi connectivity index (χ2v) is 7.08. The molecule has 0 aliphatic carbocycles. The Morgan fingerprint density at radius 2 is 1.67 bits per heavy atom. The Morgan fingerprint density at radius 3 is 2.30 bits per heavy atom. The number of methoxy groups -OCH3 is 1. The number of nitro benzene ring substituents is 1. The van der Waals surface area contributed by atoms with Gasteiger partial charge in [-0.1, -0.05) is 60.7 Å². The van der Waals surface area contributed by atoms with Gasteiger partial charge in [0, 0.05) is 17.5 Å². The van der Waals surface area contributed by atoms with Crippen molar-refractivity contribution < 1.29 is 23.6 Å². The number of hydrogen-bond acceptors (Lipinski definition) is 7. The summed E-state index contributed by atoms with van der Waals surface area (Å²) in [6.07, 6.45) is 0.113. The van der Waals surface area contributed by atoms with E-state index in [1.54, 1.807) is 0 Å². The fraction of sp³-hybridized carbons (Fsp3) is 0.120. The Balaban J connectivity index is 1.53. The van der Waals surface area contributed by atoms with Crippen molar-refractivity contribution in [3.8, 4) is 34.1 Å². The molecule has 0 bridgehead atoms. The number of carbonyl (C=O) groups excluding carboxylic acids is 1. The maximum Gasteiger partial charge on any atom is 0.315 e. The van der Waals surface area contributed by atoms with E-state index in [9.17, 15) is 14.9 Å². The van der Waals surface area contributed by atoms with Gasteiger partial charge in [0.1, 0.15) is 11.4 Å². The lowest BCUT2D eigenvalue weighted by atomic mass is 10.1. The van der Waals surface area contributed by atoms with Crippen molar-refractivity contribution in [2.24, 2.45) is 0 Å². The van der Waals surface area contributed by atoms with E-state index in [1.807, 2.05) is 60.7 Å². The molecule has 0 saturated carbocycles. The van der Waals surface area contributed by atoms with Gasteiger partial charge in [-0.25, -0.2) is 4.98 Å². The van der Waals surface area contributed by atoms with Crippen LogP contribution < -0.4 is 9.47 Å². The van der Waals surface area contributed by atoms with Crippen molar-refractivity contribution in [1.82, 2.24) is 4.98 Å². The van der Waals surface area contributed by atoms with Gasteiger partial charge in [0.05, 0.1) is 24.5 Å². The molecule has 1 aromatic heterocycles. The van der Waals surface area contributed by atoms with Crippen LogP contribution in [0.5, 0.6) is 11.5 Å². The molecule has 0 aliphatic rings. The second kappa shape index (κ2) is 9.78. The molecule has 8 nitrogen and oxygen atoms in total. The third-order valence-electron chi connectivity index (χ3n) is 4.88. The van der Waals surface area contributed by atoms with E-state index in [1.165, 1.54) is 25.3 Å². The molecule has 0 saturated heterocycles. The summed E-state index contributed by atoms with van der Waals surface area (Å²) < 4.78 is 16.2. The summed E-state index contributed by atoms with van der Waals surface area (Å²) in [5, 5.41) is 11.3. The van der Waals surface area contributed by atoms with Gasteiger partial charge < -0.3 is 13.9 Å². The highest BCUT2D eigenvalue weighted by Gasteiger charge is 2.21. The summed E-state index contributed by atoms with van der Waals surface area (Å²) >= 11 is 0. The molecule has 33 heavy (non-hydrogen) atoms. The quantitative estimate of drug-likeness (QED) is 0.154. The van der Waals surface area contributed by atoms with Gasteiger partial charge in [0.2, 0.25) is 5.75 Å². The number of ether oxygens (including phenoxy) is 2. The molecule has 4 rings (SSSR count). The second-order valence-electron chi connectivity index (χ2n) is 7.08. The third-order valence-corrected chi connectivity index (χ3v) is 4.88. The van der Waals surface area contributed by atoms with Crippen LogP contribution in [0.25, 0.3) is 22.6 Å². The van der Waals surface area contributed by atoms with Crippen LogP contribution >= 0.6 is 0 Å². The maximum atomic E-state index is 12.4. The Morgan fingerprint density at radius 1 is 1.00 bits per heavy atom. The van der Waals surface area contributed by atoms with Gasteiger partial charge in [-0.2, -0.15) is 0 Å². The minimum atomic E-state index is -0.635. The molecule has 1 heterocycles. The van der Waals surface area contributed by atoms with Crippen LogP contribution in [0.4, 0.5) is 5.69 Å². The standard InChI is InChI=1S/C25H20N2O6/c1-31-19-12-13-21(20(16-19)27(29)30)32-23(28)15-14-22-26-24(17-8-4-2-5-9-17)25(33-22)18-10-6-3-7-11-18/h2-13,16H,14-15H2,1H3. The number of oxazole rings is 1. The lowest BCUT2D eigenvalue weighted by Gasteiger charge is -2.06. The first kappa shape index (κ1) is 21.8. The summed E-state index contributed by atoms with van der Waals surface area (Å²) in [4.78, 5) is 27.7. The highest BCUT2D eigenvalue weighted by Crippen LogP contribution is 2.34. The smallest absolute Gasteiger partial charge is 0.315 e. The molecule has 4 aromatic rings. The minimum absolute atomic E-state index is 0.0633. The Labute approximate surface area is 189 Å². The van der Waals surface area contributed by atoms with Gasteiger partial charge in [-0.05, 0) is 12.1 Å². The van der Waals surface area contributed by atoms with Crippen LogP contribution in [0.3, 0.4) is 0 Å². The summed E-state index contributed by atoms with van der Waals surface area (Å²) in [6, 6.07) is 23.2. The van der Waals surface area contributed by atoms with Crippen molar-refractivity contribution >= 4 is 11.7 Å². The molecule has 0 spiro atoms. The van der Waals surface area contributed by atoms with Crippen molar-refractivity contribution in [2.45, 2.75) is 12.8 Å². The van der Waals surface area contributed by atoms with E-state index in [0.717, 1.165) is 11.1 Å². The van der Waals surface area contributed by atoms with Crippen molar-refractivity contribution in [3.05, 3.63) is 94.9 Å². The minimum Gasteiger partial charge on any atom is -0.496 e. The molecule has 0 unspecified atom stereocenters. The number of nitrogens with zero attached hydrogens (tertiary/aromatic N) is 2. The predicted octanol–water partition coefficient (Wildman–Crippen LogP) is 5.46. The number of aromatic nitrogens is 1. The average molecular weight is 444 g/mol. The number of aryl methyl sites for hydroxylation is 1. The summed E-state index contributed by atoms with van der Waals surface area (Å²) in [5.74, 6) is 0.491. The summed E-state index contributed by atoms with van der Waals surface area (Å²) in [6.45, 7) is 0. The first-order valence-electron chi connectivity index (χ1n) is 10.2. The molecule has 0 amide bonds. The van der Waals surface area contributed by atoms with Crippen molar-refractivity contribution in [3.63, 3.8) is 0 Å². The van der Waals surface area contributed by atoms with E-state index in [0.29, 0.717) is 23.1 Å². The molecular weight excluding hydrogens is 424 g/mol. The summed E-state index contributed by atoms with van der Waals surface area (Å²) in [5.41, 5.74) is 2.09. The molecule has 0 atom stereocenters. The number of carbonyl (C=O) groups is 1. The first-order valence-corrected chi connectivity index (χ1v) is 10.2. The zero-order valence-electron chi connectivity index (χ0n) is 17.8. The van der Waals surface area contributed by atoms with E-state index in [-0.39, 0.29) is 24.3 Å². The first-order chi connectivity index (χ1) is 16.0. The molecular formula is C25H20N2O6. The predicted molar refractivity (Wildman–Crippen MR) is 121 cm³/mol. The molecule has 3 aromatic carbocycles. The highest BCUT2D eigenvalue weighted by molar-refractivity contribution is 5.77. The van der Waals surface area contributed by atoms with Gasteiger partial charge in [-0.3, -0.25) is 14.9 Å². The van der Waals surface area contributed by atoms with Gasteiger partial charge >= 0.3 is 11.7 Å². The zero-order valence-corrected chi connectivity index (χ0v) is 17.8. The van der Waals surface area contributed by atoms with Crippen LogP contribution in [0, 0.1) is 10.1 Å². The van der Waals surface area contributed by atoms with Crippen molar-refractivity contribution in [1.29, 1.82) is 0 Å². The lowest BCUT2D eigenvalue weighted by Crippen LogP contribution is -2.10. The number of esters is 1. The fourth-order valence-corrected chi connectivity index (χ4v) is 3.28. The number of nitro groups is 1. The van der Waals surface area contributed by atoms with E-state index >= 15 is 0 Å². The highest BCUT2D eigenvalue weighted by atomic mass is 16.6. The fourth-order valence-electron chi connectivity index (χ4n) is 3.28. The van der Waals surface area contributed by atoms with Crippen molar-refractivity contribution in [2.75, 3.05) is 7.11 Å². The van der Waals surface area contributed by atoms with Gasteiger partial charge in [0.15, 0.2) is 11.7 Å². The van der Waals surface area contributed by atoms with E-state index in [2.05, 4.69) is 4.98 Å². The van der Waals surface area contributed by atoms with Crippen LogP contribution in [-0.4, -0.2) is 23.0 Å². The molecule has 0 fully saturated rings. The molecule has 8 heteroatoms. The molecule has 166 valence electrons. The van der Waals surface area contributed by atoms with E-state index < -0.39 is 10.9 Å². The number of rotatable bonds is 8. The number of benzene rings is 3. The average Bonchev–Trinajstić information content (AvgIpc) is 3.28. The molecule has 0 radical (unpaired) electrons. The monoisotopic (exact) mass is 444 g/mol. The lowest BCUT2D eigenvalue weighted by molar-refractivity contribution is -0.385. The van der Waals surface area contributed by atoms with Crippen LogP contribution in [0.15, 0.2) is 83.3 Å². The summed E-state index contributed by atoms with van der Waals surface area (Å²) in [7, 11) is 1.40.